The van der Waals surface area contributed by atoms with Gasteiger partial charge < -0.3 is 15.4 Å². The lowest BCUT2D eigenvalue weighted by Gasteiger charge is -2.21. The van der Waals surface area contributed by atoms with E-state index >= 15 is 0 Å². The fourth-order valence-corrected chi connectivity index (χ4v) is 2.69. The second-order valence-electron chi connectivity index (χ2n) is 4.35. The number of hydrogen-bond donors (Lipinski definition) is 1. The van der Waals surface area contributed by atoms with E-state index in [-0.39, 0.29) is 5.91 Å². The number of rotatable bonds is 7. The van der Waals surface area contributed by atoms with Crippen LogP contribution in [-0.2, 0) is 4.74 Å². The monoisotopic (exact) mass is 300 g/mol. The number of amides is 1. The highest BCUT2D eigenvalue weighted by Crippen LogP contribution is 2.22. The van der Waals surface area contributed by atoms with Crippen LogP contribution >= 0.6 is 23.6 Å². The summed E-state index contributed by atoms with van der Waals surface area (Å²) in [5.74, 6) is 0.0227. The van der Waals surface area contributed by atoms with Crippen molar-refractivity contribution >= 4 is 34.5 Å². The minimum Gasteiger partial charge on any atom is -0.393 e. The van der Waals surface area contributed by atoms with Crippen molar-refractivity contribution in [3.8, 4) is 0 Å². The van der Waals surface area contributed by atoms with Gasteiger partial charge in [0.15, 0.2) is 0 Å². The van der Waals surface area contributed by atoms with E-state index in [1.165, 1.54) is 16.2 Å². The van der Waals surface area contributed by atoms with Crippen molar-refractivity contribution in [1.29, 1.82) is 0 Å². The maximum atomic E-state index is 12.4. The molecule has 0 saturated heterocycles. The van der Waals surface area contributed by atoms with Crippen LogP contribution in [0.2, 0.25) is 0 Å². The second-order valence-corrected chi connectivity index (χ2v) is 6.13. The number of thiocarbonyl (C=S) groups is 1. The number of carbonyl (C=O) groups is 1. The lowest BCUT2D eigenvalue weighted by molar-refractivity contribution is 0.0706. The van der Waals surface area contributed by atoms with Crippen molar-refractivity contribution in [1.82, 2.24) is 4.90 Å². The standard InChI is InChI=1S/C13H20N2O2S2/c1-9-8-11(19-10(9)2)13(16)15(6-7-17-3)5-4-12(14)18/h8H,4-7H2,1-3H3,(H2,14,18). The predicted molar refractivity (Wildman–Crippen MR) is 83.0 cm³/mol. The first kappa shape index (κ1) is 16.1. The van der Waals surface area contributed by atoms with Gasteiger partial charge in [0.25, 0.3) is 5.91 Å². The first-order valence-electron chi connectivity index (χ1n) is 6.09. The average Bonchev–Trinajstić information content (AvgIpc) is 2.69. The van der Waals surface area contributed by atoms with Crippen molar-refractivity contribution < 1.29 is 9.53 Å². The van der Waals surface area contributed by atoms with Crippen molar-refractivity contribution in [2.45, 2.75) is 20.3 Å². The Morgan fingerprint density at radius 2 is 2.16 bits per heavy atom. The van der Waals surface area contributed by atoms with Gasteiger partial charge >= 0.3 is 0 Å². The van der Waals surface area contributed by atoms with E-state index < -0.39 is 0 Å². The molecule has 1 amide bonds. The van der Waals surface area contributed by atoms with Gasteiger partial charge in [0.2, 0.25) is 0 Å². The number of hydrogen-bond acceptors (Lipinski definition) is 4. The molecular weight excluding hydrogens is 280 g/mol. The number of nitrogens with zero attached hydrogens (tertiary/aromatic N) is 1. The highest BCUT2D eigenvalue weighted by molar-refractivity contribution is 7.80. The Hall–Kier alpha value is -0.980. The molecule has 2 N–H and O–H groups in total. The molecule has 1 rings (SSSR count). The molecular formula is C13H20N2O2S2. The molecule has 106 valence electrons. The largest absolute Gasteiger partial charge is 0.393 e. The maximum Gasteiger partial charge on any atom is 0.264 e. The quantitative estimate of drug-likeness (QED) is 0.784. The van der Waals surface area contributed by atoms with Gasteiger partial charge in [-0.3, -0.25) is 4.79 Å². The van der Waals surface area contributed by atoms with Crippen LogP contribution in [-0.4, -0.2) is 42.6 Å². The lowest BCUT2D eigenvalue weighted by atomic mass is 10.2. The van der Waals surface area contributed by atoms with Crippen LogP contribution < -0.4 is 5.73 Å². The summed E-state index contributed by atoms with van der Waals surface area (Å²) in [6, 6.07) is 1.93. The summed E-state index contributed by atoms with van der Waals surface area (Å²) in [6.45, 7) is 5.62. The van der Waals surface area contributed by atoms with Gasteiger partial charge in [0, 0.05) is 31.5 Å². The summed E-state index contributed by atoms with van der Waals surface area (Å²) in [7, 11) is 1.62. The number of nitrogens with two attached hydrogens (primary N) is 1. The topological polar surface area (TPSA) is 55.6 Å². The van der Waals surface area contributed by atoms with E-state index in [4.69, 9.17) is 22.7 Å². The van der Waals surface area contributed by atoms with Gasteiger partial charge in [-0.15, -0.1) is 11.3 Å². The SMILES string of the molecule is COCCN(CCC(N)=S)C(=O)c1cc(C)c(C)s1. The van der Waals surface area contributed by atoms with Gasteiger partial charge in [0.1, 0.15) is 0 Å². The number of methoxy groups -OCH3 is 1. The molecule has 0 aliphatic rings. The molecule has 0 radical (unpaired) electrons. The van der Waals surface area contributed by atoms with Crippen molar-refractivity contribution in [2.24, 2.45) is 5.73 Å². The molecule has 0 unspecified atom stereocenters. The minimum absolute atomic E-state index is 0.0227. The third-order valence-electron chi connectivity index (χ3n) is 2.86. The van der Waals surface area contributed by atoms with Crippen LogP contribution in [0.4, 0.5) is 0 Å². The van der Waals surface area contributed by atoms with Crippen LogP contribution in [0.3, 0.4) is 0 Å². The number of thiophene rings is 1. The third-order valence-corrected chi connectivity index (χ3v) is 4.20. The van der Waals surface area contributed by atoms with Crippen LogP contribution in [0.15, 0.2) is 6.07 Å². The fourth-order valence-electron chi connectivity index (χ4n) is 1.60. The molecule has 1 aromatic rings. The zero-order chi connectivity index (χ0) is 14.4. The molecule has 1 heterocycles. The van der Waals surface area contributed by atoms with E-state index in [2.05, 4.69) is 0 Å². The van der Waals surface area contributed by atoms with E-state index in [1.54, 1.807) is 12.0 Å². The van der Waals surface area contributed by atoms with Crippen LogP contribution in [0.25, 0.3) is 0 Å². The number of aryl methyl sites for hydroxylation is 2. The molecule has 0 fully saturated rings. The fraction of sp³-hybridized carbons (Fsp3) is 0.538. The van der Waals surface area contributed by atoms with Gasteiger partial charge in [-0.05, 0) is 25.5 Å². The van der Waals surface area contributed by atoms with Crippen LogP contribution in [0, 0.1) is 13.8 Å². The highest BCUT2D eigenvalue weighted by Gasteiger charge is 2.18. The summed E-state index contributed by atoms with van der Waals surface area (Å²) in [6.07, 6.45) is 0.536. The van der Waals surface area contributed by atoms with E-state index in [0.717, 1.165) is 10.4 Å². The zero-order valence-corrected chi connectivity index (χ0v) is 13.2. The maximum absolute atomic E-state index is 12.4. The summed E-state index contributed by atoms with van der Waals surface area (Å²) >= 11 is 6.39. The summed E-state index contributed by atoms with van der Waals surface area (Å²) in [5, 5.41) is 0. The first-order chi connectivity index (χ1) is 8.95. The van der Waals surface area contributed by atoms with Crippen molar-refractivity contribution in [3.63, 3.8) is 0 Å². The first-order valence-corrected chi connectivity index (χ1v) is 7.31. The smallest absolute Gasteiger partial charge is 0.264 e. The average molecular weight is 300 g/mol. The molecule has 6 heteroatoms. The van der Waals surface area contributed by atoms with Crippen molar-refractivity contribution in [2.75, 3.05) is 26.8 Å². The Kier molecular flexibility index (Phi) is 6.41. The van der Waals surface area contributed by atoms with Gasteiger partial charge in [-0.1, -0.05) is 12.2 Å². The Labute approximate surface area is 123 Å². The van der Waals surface area contributed by atoms with Crippen molar-refractivity contribution in [3.05, 3.63) is 21.4 Å². The summed E-state index contributed by atoms with van der Waals surface area (Å²) in [5.41, 5.74) is 6.65. The Bertz CT molecular complexity index is 438. The Morgan fingerprint density at radius 3 is 2.63 bits per heavy atom. The third kappa shape index (κ3) is 4.89. The van der Waals surface area contributed by atoms with Gasteiger partial charge in [0.05, 0.1) is 16.5 Å². The minimum atomic E-state index is 0.0227. The second kappa shape index (κ2) is 7.57. The molecule has 0 spiro atoms. The van der Waals surface area contributed by atoms with Gasteiger partial charge in [-0.2, -0.15) is 0 Å². The number of ether oxygens (including phenoxy) is 1. The predicted octanol–water partition coefficient (Wildman–Crippen LogP) is 2.13. The molecule has 0 aliphatic heterocycles. The molecule has 0 aliphatic carbocycles. The van der Waals surface area contributed by atoms with Crippen LogP contribution in [0.5, 0.6) is 0 Å². The van der Waals surface area contributed by atoms with E-state index in [1.807, 2.05) is 19.9 Å². The molecule has 4 nitrogen and oxygen atoms in total. The zero-order valence-electron chi connectivity index (χ0n) is 11.6. The van der Waals surface area contributed by atoms with E-state index in [9.17, 15) is 4.79 Å². The van der Waals surface area contributed by atoms with Gasteiger partial charge in [-0.25, -0.2) is 0 Å². The Balaban J connectivity index is 2.77. The summed E-state index contributed by atoms with van der Waals surface area (Å²) in [4.78, 5) is 16.5. The lowest BCUT2D eigenvalue weighted by Crippen LogP contribution is -2.35. The molecule has 0 bridgehead atoms. The number of carbonyl (C=O) groups excluding carboxylic acids is 1. The molecule has 19 heavy (non-hydrogen) atoms. The highest BCUT2D eigenvalue weighted by atomic mass is 32.1. The molecule has 0 atom stereocenters. The molecule has 1 aromatic heterocycles. The van der Waals surface area contributed by atoms with E-state index in [0.29, 0.717) is 31.1 Å². The molecule has 0 saturated carbocycles. The Morgan fingerprint density at radius 1 is 1.47 bits per heavy atom. The van der Waals surface area contributed by atoms with Crippen LogP contribution in [0.1, 0.15) is 26.5 Å². The summed E-state index contributed by atoms with van der Waals surface area (Å²) < 4.78 is 5.04. The normalized spacial score (nSPS) is 10.5. The molecule has 0 aromatic carbocycles.